The lowest BCUT2D eigenvalue weighted by Crippen LogP contribution is -2.37. The van der Waals surface area contributed by atoms with Gasteiger partial charge in [0.1, 0.15) is 23.7 Å². The lowest BCUT2D eigenvalue weighted by molar-refractivity contribution is 0.0256. The fraction of sp³-hybridized carbons (Fsp3) is 0.484. The minimum Gasteiger partial charge on any atom is -0.490 e. The lowest BCUT2D eigenvalue weighted by atomic mass is 9.96. The van der Waals surface area contributed by atoms with Crippen LogP contribution >= 0.6 is 0 Å². The van der Waals surface area contributed by atoms with Crippen molar-refractivity contribution < 1.29 is 19.0 Å². The normalized spacial score (nSPS) is 18.7. The van der Waals surface area contributed by atoms with Gasteiger partial charge >= 0.3 is 6.09 Å². The summed E-state index contributed by atoms with van der Waals surface area (Å²) in [4.78, 5) is 12.4. The van der Waals surface area contributed by atoms with E-state index in [0.29, 0.717) is 17.2 Å². The Morgan fingerprint density at radius 3 is 2.42 bits per heavy atom. The number of rotatable bonds is 7. The van der Waals surface area contributed by atoms with E-state index in [-0.39, 0.29) is 12.1 Å². The number of fused-ring (bicyclic) bond motifs is 1. The quantitative estimate of drug-likeness (QED) is 0.386. The number of nitrogens with one attached hydrogen (secondary N) is 1. The monoisotopic (exact) mass is 513 g/mol. The summed E-state index contributed by atoms with van der Waals surface area (Å²) < 4.78 is 19.6. The second-order valence-electron chi connectivity index (χ2n) is 10.9. The summed E-state index contributed by atoms with van der Waals surface area (Å²) in [5.41, 5.74) is 3.54. The Labute approximate surface area is 223 Å². The first-order valence-corrected chi connectivity index (χ1v) is 14.1. The maximum Gasteiger partial charge on any atom is 0.412 e. The minimum absolute atomic E-state index is 0.158. The highest BCUT2D eigenvalue weighted by atomic mass is 16.6. The minimum atomic E-state index is -0.401. The number of carbonyl (C=O) groups excluding carboxylic acids is 1. The van der Waals surface area contributed by atoms with E-state index in [4.69, 9.17) is 14.2 Å². The number of ether oxygens (including phenoxy) is 3. The van der Waals surface area contributed by atoms with Crippen LogP contribution in [0.25, 0.3) is 22.2 Å². The largest absolute Gasteiger partial charge is 0.490 e. The van der Waals surface area contributed by atoms with E-state index in [9.17, 15) is 10.1 Å². The molecular weight excluding hydrogens is 478 g/mol. The average Bonchev–Trinajstić information content (AvgIpc) is 3.71. The third kappa shape index (κ3) is 5.51. The number of amides is 1. The highest BCUT2D eigenvalue weighted by molar-refractivity contribution is 5.95. The third-order valence-corrected chi connectivity index (χ3v) is 8.02. The molecule has 0 spiro atoms. The molecule has 0 bridgehead atoms. The van der Waals surface area contributed by atoms with E-state index >= 15 is 0 Å². The van der Waals surface area contributed by atoms with E-state index in [2.05, 4.69) is 22.0 Å². The van der Waals surface area contributed by atoms with Crippen LogP contribution in [0.1, 0.15) is 63.4 Å². The van der Waals surface area contributed by atoms with Crippen LogP contribution in [0.2, 0.25) is 0 Å². The SMILES string of the molecule is N#Cc1c(-c2ccc(OC(=O)NC3CCCCC3)cc2)n(CC2CC2)c2cc(OC3CCOCC3)ccc12. The van der Waals surface area contributed by atoms with Gasteiger partial charge in [-0.3, -0.25) is 0 Å². The summed E-state index contributed by atoms with van der Waals surface area (Å²) in [6.07, 6.45) is 9.53. The molecule has 2 aromatic carbocycles. The molecule has 2 heterocycles. The number of nitrogens with zero attached hydrogens (tertiary/aromatic N) is 2. The molecule has 3 aliphatic rings. The molecular formula is C31H35N3O4. The molecule has 0 atom stereocenters. The van der Waals surface area contributed by atoms with Crippen molar-refractivity contribution in [3.05, 3.63) is 48.0 Å². The van der Waals surface area contributed by atoms with Crippen molar-refractivity contribution in [2.75, 3.05) is 13.2 Å². The van der Waals surface area contributed by atoms with Crippen LogP contribution in [0, 0.1) is 17.2 Å². The topological polar surface area (TPSA) is 85.5 Å². The summed E-state index contributed by atoms with van der Waals surface area (Å²) in [5.74, 6) is 1.96. The molecule has 1 saturated heterocycles. The molecule has 3 aromatic rings. The molecule has 1 aromatic heterocycles. The molecule has 3 fully saturated rings. The molecule has 1 amide bonds. The molecule has 0 radical (unpaired) electrons. The molecule has 2 saturated carbocycles. The number of benzene rings is 2. The van der Waals surface area contributed by atoms with Crippen molar-refractivity contribution in [3.63, 3.8) is 0 Å². The van der Waals surface area contributed by atoms with Gasteiger partial charge in [0, 0.05) is 36.9 Å². The average molecular weight is 514 g/mol. The van der Waals surface area contributed by atoms with Gasteiger partial charge in [-0.05, 0) is 73.6 Å². The second kappa shape index (κ2) is 11.1. The Kier molecular flexibility index (Phi) is 7.24. The molecule has 198 valence electrons. The van der Waals surface area contributed by atoms with Crippen LogP contribution in [0.15, 0.2) is 42.5 Å². The third-order valence-electron chi connectivity index (χ3n) is 8.02. The zero-order valence-corrected chi connectivity index (χ0v) is 21.8. The van der Waals surface area contributed by atoms with Gasteiger partial charge in [0.05, 0.1) is 30.0 Å². The molecule has 2 aliphatic carbocycles. The first-order valence-electron chi connectivity index (χ1n) is 14.1. The van der Waals surface area contributed by atoms with Crippen LogP contribution < -0.4 is 14.8 Å². The molecule has 1 N–H and O–H groups in total. The van der Waals surface area contributed by atoms with E-state index in [1.165, 1.54) is 19.3 Å². The number of hydrogen-bond donors (Lipinski definition) is 1. The smallest absolute Gasteiger partial charge is 0.412 e. The molecule has 7 heteroatoms. The number of aromatic nitrogens is 1. The van der Waals surface area contributed by atoms with E-state index in [1.807, 2.05) is 36.4 Å². The maximum atomic E-state index is 12.4. The highest BCUT2D eigenvalue weighted by Gasteiger charge is 2.27. The zero-order chi connectivity index (χ0) is 25.9. The molecule has 7 nitrogen and oxygen atoms in total. The van der Waals surface area contributed by atoms with E-state index < -0.39 is 6.09 Å². The fourth-order valence-electron chi connectivity index (χ4n) is 5.78. The van der Waals surface area contributed by atoms with Crippen molar-refractivity contribution in [1.29, 1.82) is 5.26 Å². The van der Waals surface area contributed by atoms with Crippen LogP contribution in [-0.2, 0) is 11.3 Å². The van der Waals surface area contributed by atoms with Gasteiger partial charge in [-0.1, -0.05) is 19.3 Å². The first kappa shape index (κ1) is 24.8. The molecule has 6 rings (SSSR count). The van der Waals surface area contributed by atoms with Gasteiger partial charge in [-0.15, -0.1) is 0 Å². The number of nitriles is 1. The Balaban J connectivity index is 1.27. The van der Waals surface area contributed by atoms with Crippen LogP contribution in [-0.4, -0.2) is 36.0 Å². The zero-order valence-electron chi connectivity index (χ0n) is 21.8. The van der Waals surface area contributed by atoms with Gasteiger partial charge in [-0.2, -0.15) is 5.26 Å². The Hall–Kier alpha value is -3.50. The van der Waals surface area contributed by atoms with Gasteiger partial charge in [0.25, 0.3) is 0 Å². The Morgan fingerprint density at radius 1 is 0.974 bits per heavy atom. The predicted molar refractivity (Wildman–Crippen MR) is 145 cm³/mol. The summed E-state index contributed by atoms with van der Waals surface area (Å²) in [5, 5.41) is 14.1. The summed E-state index contributed by atoms with van der Waals surface area (Å²) in [6.45, 7) is 2.33. The van der Waals surface area contributed by atoms with Crippen molar-refractivity contribution in [3.8, 4) is 28.8 Å². The van der Waals surface area contributed by atoms with Crippen LogP contribution in [0.4, 0.5) is 4.79 Å². The summed E-state index contributed by atoms with van der Waals surface area (Å²) in [7, 11) is 0. The van der Waals surface area contributed by atoms with Crippen molar-refractivity contribution >= 4 is 17.0 Å². The van der Waals surface area contributed by atoms with Crippen molar-refractivity contribution in [2.24, 2.45) is 5.92 Å². The summed E-state index contributed by atoms with van der Waals surface area (Å²) in [6, 6.07) is 16.3. The van der Waals surface area contributed by atoms with Crippen LogP contribution in [0.3, 0.4) is 0 Å². The van der Waals surface area contributed by atoms with Gasteiger partial charge in [0.2, 0.25) is 0 Å². The van der Waals surface area contributed by atoms with Crippen molar-refractivity contribution in [2.45, 2.75) is 76.5 Å². The fourth-order valence-corrected chi connectivity index (χ4v) is 5.78. The Morgan fingerprint density at radius 2 is 1.71 bits per heavy atom. The second-order valence-corrected chi connectivity index (χ2v) is 10.9. The summed E-state index contributed by atoms with van der Waals surface area (Å²) >= 11 is 0. The maximum absolute atomic E-state index is 12.4. The van der Waals surface area contributed by atoms with Gasteiger partial charge in [0.15, 0.2) is 0 Å². The van der Waals surface area contributed by atoms with Gasteiger partial charge < -0.3 is 24.1 Å². The lowest BCUT2D eigenvalue weighted by Gasteiger charge is -2.23. The van der Waals surface area contributed by atoms with Gasteiger partial charge in [-0.25, -0.2) is 4.79 Å². The molecule has 1 aliphatic heterocycles. The van der Waals surface area contributed by atoms with Crippen LogP contribution in [0.5, 0.6) is 11.5 Å². The Bertz CT molecular complexity index is 1320. The predicted octanol–water partition coefficient (Wildman–Crippen LogP) is 6.57. The molecule has 38 heavy (non-hydrogen) atoms. The standard InChI is InChI=1S/C31H35N3O4/c32-19-28-27-13-12-26(37-25-14-16-36-17-15-25)18-29(27)34(20-21-6-7-21)30(28)22-8-10-24(11-9-22)38-31(35)33-23-4-2-1-3-5-23/h8-13,18,21,23,25H,1-7,14-17,20H2,(H,33,35). The molecule has 0 unspecified atom stereocenters. The number of hydrogen-bond acceptors (Lipinski definition) is 5. The van der Waals surface area contributed by atoms with Crippen molar-refractivity contribution in [1.82, 2.24) is 9.88 Å². The number of carbonyl (C=O) groups is 1. The van der Waals surface area contributed by atoms with E-state index in [1.54, 1.807) is 0 Å². The first-order chi connectivity index (χ1) is 18.7. The highest BCUT2D eigenvalue weighted by Crippen LogP contribution is 2.40. The van der Waals surface area contributed by atoms with E-state index in [0.717, 1.165) is 86.2 Å².